The Morgan fingerprint density at radius 2 is 1.70 bits per heavy atom. The molecule has 0 saturated heterocycles. The summed E-state index contributed by atoms with van der Waals surface area (Å²) in [4.78, 5) is 4.00. The van der Waals surface area contributed by atoms with E-state index in [0.717, 1.165) is 12.5 Å². The van der Waals surface area contributed by atoms with Gasteiger partial charge >= 0.3 is 0 Å². The molecule has 0 atom stereocenters. The van der Waals surface area contributed by atoms with Gasteiger partial charge in [-0.25, -0.2) is 12.8 Å². The quantitative estimate of drug-likeness (QED) is 0.329. The monoisotopic (exact) mass is 505 g/mol. The number of hydrogen-bond donors (Lipinski definition) is 2. The van der Waals surface area contributed by atoms with E-state index in [9.17, 15) is 12.8 Å². The van der Waals surface area contributed by atoms with Crippen LogP contribution in [0.2, 0.25) is 0 Å². The lowest BCUT2D eigenvalue weighted by Gasteiger charge is -2.11. The van der Waals surface area contributed by atoms with Gasteiger partial charge in [0.15, 0.2) is 15.8 Å². The molecule has 0 heterocycles. The maximum Gasteiger partial charge on any atom is 0.191 e. The van der Waals surface area contributed by atoms with Crippen LogP contribution in [0.1, 0.15) is 12.5 Å². The van der Waals surface area contributed by atoms with E-state index in [1.54, 1.807) is 0 Å². The van der Waals surface area contributed by atoms with Crippen molar-refractivity contribution in [3.8, 4) is 0 Å². The van der Waals surface area contributed by atoms with Gasteiger partial charge in [0.05, 0.1) is 12.3 Å². The summed E-state index contributed by atoms with van der Waals surface area (Å²) in [5.74, 6) is -0.431. The Hall–Kier alpha value is -1.68. The van der Waals surface area contributed by atoms with E-state index in [1.807, 2.05) is 37.3 Å². The molecule has 0 spiro atoms. The zero-order valence-electron chi connectivity index (χ0n) is 15.2. The highest BCUT2D eigenvalue weighted by Gasteiger charge is 2.18. The predicted octanol–water partition coefficient (Wildman–Crippen LogP) is 3.02. The molecule has 0 aliphatic heterocycles. The third kappa shape index (κ3) is 7.84. The van der Waals surface area contributed by atoms with Gasteiger partial charge in [0, 0.05) is 13.1 Å². The van der Waals surface area contributed by atoms with Gasteiger partial charge in [0.1, 0.15) is 10.7 Å². The van der Waals surface area contributed by atoms with Gasteiger partial charge in [0.2, 0.25) is 0 Å². The maximum atomic E-state index is 13.7. The summed E-state index contributed by atoms with van der Waals surface area (Å²) in [5.41, 5.74) is 1.21. The molecule has 0 saturated carbocycles. The minimum Gasteiger partial charge on any atom is -0.357 e. The molecule has 2 rings (SSSR count). The molecule has 0 aromatic heterocycles. The molecule has 2 aromatic rings. The second kappa shape index (κ2) is 11.9. The number of hydrogen-bond acceptors (Lipinski definition) is 3. The van der Waals surface area contributed by atoms with Crippen molar-refractivity contribution in [2.24, 2.45) is 4.99 Å². The third-order valence-corrected chi connectivity index (χ3v) is 5.42. The SMILES string of the molecule is CCNC(=NCCS(=O)(=O)c1ccccc1F)NCCc1ccccc1.I. The molecule has 0 amide bonds. The van der Waals surface area contributed by atoms with Gasteiger partial charge in [-0.1, -0.05) is 42.5 Å². The van der Waals surface area contributed by atoms with Crippen LogP contribution in [0.5, 0.6) is 0 Å². The van der Waals surface area contributed by atoms with E-state index in [2.05, 4.69) is 15.6 Å². The molecule has 27 heavy (non-hydrogen) atoms. The predicted molar refractivity (Wildman–Crippen MR) is 118 cm³/mol. The van der Waals surface area contributed by atoms with Gasteiger partial charge < -0.3 is 10.6 Å². The first-order valence-corrected chi connectivity index (χ1v) is 10.2. The van der Waals surface area contributed by atoms with Gasteiger partial charge in [-0.2, -0.15) is 0 Å². The molecule has 5 nitrogen and oxygen atoms in total. The smallest absolute Gasteiger partial charge is 0.191 e. The summed E-state index contributed by atoms with van der Waals surface area (Å²) in [6.45, 7) is 3.33. The average molecular weight is 505 g/mol. The molecule has 0 bridgehead atoms. The Bertz CT molecular complexity index is 830. The zero-order chi connectivity index (χ0) is 18.8. The summed E-state index contributed by atoms with van der Waals surface area (Å²) < 4.78 is 38.2. The molecule has 2 N–H and O–H groups in total. The van der Waals surface area contributed by atoms with Crippen molar-refractivity contribution in [3.63, 3.8) is 0 Å². The van der Waals surface area contributed by atoms with Crippen LogP contribution in [0, 0.1) is 5.82 Å². The lowest BCUT2D eigenvalue weighted by atomic mass is 10.1. The van der Waals surface area contributed by atoms with Gasteiger partial charge in [0.25, 0.3) is 0 Å². The van der Waals surface area contributed by atoms with Crippen molar-refractivity contribution in [2.75, 3.05) is 25.4 Å². The Kier molecular flexibility index (Phi) is 10.3. The highest BCUT2D eigenvalue weighted by Crippen LogP contribution is 2.15. The second-order valence-corrected chi connectivity index (χ2v) is 7.75. The van der Waals surface area contributed by atoms with E-state index in [-0.39, 0.29) is 41.2 Å². The second-order valence-electron chi connectivity index (χ2n) is 5.67. The fraction of sp³-hybridized carbons (Fsp3) is 0.316. The molecule has 0 fully saturated rings. The largest absolute Gasteiger partial charge is 0.357 e. The van der Waals surface area contributed by atoms with Crippen LogP contribution in [0.3, 0.4) is 0 Å². The topological polar surface area (TPSA) is 70.6 Å². The number of sulfone groups is 1. The molecule has 0 aliphatic carbocycles. The van der Waals surface area contributed by atoms with Crippen LogP contribution in [0.25, 0.3) is 0 Å². The van der Waals surface area contributed by atoms with Gasteiger partial charge in [-0.15, -0.1) is 24.0 Å². The number of benzene rings is 2. The van der Waals surface area contributed by atoms with E-state index in [4.69, 9.17) is 0 Å². The highest BCUT2D eigenvalue weighted by molar-refractivity contribution is 14.0. The highest BCUT2D eigenvalue weighted by atomic mass is 127. The minimum absolute atomic E-state index is 0. The first-order valence-electron chi connectivity index (χ1n) is 8.56. The van der Waals surface area contributed by atoms with E-state index in [1.165, 1.54) is 23.8 Å². The maximum absolute atomic E-state index is 13.7. The van der Waals surface area contributed by atoms with E-state index in [0.29, 0.717) is 19.0 Å². The summed E-state index contributed by atoms with van der Waals surface area (Å²) in [6.07, 6.45) is 0.832. The normalized spacial score (nSPS) is 11.6. The van der Waals surface area contributed by atoms with E-state index >= 15 is 0 Å². The minimum atomic E-state index is -3.70. The fourth-order valence-corrected chi connectivity index (χ4v) is 3.60. The Morgan fingerprint density at radius 3 is 2.37 bits per heavy atom. The van der Waals surface area contributed by atoms with Crippen molar-refractivity contribution < 1.29 is 12.8 Å². The van der Waals surface area contributed by atoms with Crippen molar-refractivity contribution in [2.45, 2.75) is 18.2 Å². The first-order chi connectivity index (χ1) is 12.5. The molecule has 2 aromatic carbocycles. The number of nitrogens with zero attached hydrogens (tertiary/aromatic N) is 1. The van der Waals surface area contributed by atoms with Crippen LogP contribution < -0.4 is 10.6 Å². The summed E-state index contributed by atoms with van der Waals surface area (Å²) >= 11 is 0. The third-order valence-electron chi connectivity index (χ3n) is 3.69. The molecule has 0 unspecified atom stereocenters. The Labute approximate surface area is 177 Å². The lowest BCUT2D eigenvalue weighted by molar-refractivity contribution is 0.567. The standard InChI is InChI=1S/C19H24FN3O2S.HI/c1-2-21-19(22-13-12-16-8-4-3-5-9-16)23-14-15-26(24,25)18-11-7-6-10-17(18)20;/h3-11H,2,12-15H2,1H3,(H2,21,22,23);1H. The van der Waals surface area contributed by atoms with Crippen molar-refractivity contribution >= 4 is 39.8 Å². The number of guanidine groups is 1. The van der Waals surface area contributed by atoms with Crippen LogP contribution >= 0.6 is 24.0 Å². The molecule has 0 radical (unpaired) electrons. The van der Waals surface area contributed by atoms with Crippen molar-refractivity contribution in [3.05, 3.63) is 66.0 Å². The Balaban J connectivity index is 0.00000364. The van der Waals surface area contributed by atoms with E-state index < -0.39 is 15.7 Å². The lowest BCUT2D eigenvalue weighted by Crippen LogP contribution is -2.38. The number of rotatable bonds is 8. The van der Waals surface area contributed by atoms with Crippen LogP contribution in [-0.4, -0.2) is 39.8 Å². The van der Waals surface area contributed by atoms with Crippen LogP contribution in [0.4, 0.5) is 4.39 Å². The fourth-order valence-electron chi connectivity index (χ4n) is 2.40. The first kappa shape index (κ1) is 23.4. The average Bonchev–Trinajstić information content (AvgIpc) is 2.63. The number of aliphatic imine (C=N–C) groups is 1. The molecular formula is C19H25FIN3O2S. The van der Waals surface area contributed by atoms with Crippen molar-refractivity contribution in [1.29, 1.82) is 0 Å². The van der Waals surface area contributed by atoms with Crippen molar-refractivity contribution in [1.82, 2.24) is 10.6 Å². The number of nitrogens with one attached hydrogen (secondary N) is 2. The molecule has 148 valence electrons. The summed E-state index contributed by atoms with van der Waals surface area (Å²) in [7, 11) is -3.70. The molecule has 0 aliphatic rings. The summed E-state index contributed by atoms with van der Waals surface area (Å²) in [5, 5.41) is 6.25. The molecular weight excluding hydrogens is 480 g/mol. The van der Waals surface area contributed by atoms with Gasteiger partial charge in [-0.05, 0) is 31.0 Å². The van der Waals surface area contributed by atoms with Crippen LogP contribution in [-0.2, 0) is 16.3 Å². The Morgan fingerprint density at radius 1 is 1.04 bits per heavy atom. The van der Waals surface area contributed by atoms with Gasteiger partial charge in [-0.3, -0.25) is 4.99 Å². The number of halogens is 2. The van der Waals surface area contributed by atoms with Crippen LogP contribution in [0.15, 0.2) is 64.5 Å². The zero-order valence-corrected chi connectivity index (χ0v) is 18.3. The molecule has 8 heteroatoms. The summed E-state index contributed by atoms with van der Waals surface area (Å²) in [6, 6.07) is 15.4.